The fourth-order valence-corrected chi connectivity index (χ4v) is 2.97. The van der Waals surface area contributed by atoms with E-state index in [2.05, 4.69) is 30.4 Å². The molecule has 1 amide bonds. The zero-order valence-electron chi connectivity index (χ0n) is 14.9. The van der Waals surface area contributed by atoms with E-state index >= 15 is 0 Å². The van der Waals surface area contributed by atoms with Crippen LogP contribution in [0.3, 0.4) is 0 Å². The first-order valence-corrected chi connectivity index (χ1v) is 8.50. The van der Waals surface area contributed by atoms with Crippen LogP contribution in [0, 0.1) is 6.92 Å². The van der Waals surface area contributed by atoms with Crippen molar-refractivity contribution in [3.8, 4) is 0 Å². The van der Waals surface area contributed by atoms with Gasteiger partial charge in [-0.25, -0.2) is 0 Å². The van der Waals surface area contributed by atoms with Gasteiger partial charge >= 0.3 is 0 Å². The molecule has 1 atom stereocenters. The minimum Gasteiger partial charge on any atom is -0.339 e. The number of carbonyl (C=O) groups excluding carboxylic acids is 1. The summed E-state index contributed by atoms with van der Waals surface area (Å²) in [6.45, 7) is 6.49. The maximum absolute atomic E-state index is 12.1. The highest BCUT2D eigenvalue weighted by Gasteiger charge is 2.27. The summed E-state index contributed by atoms with van der Waals surface area (Å²) in [4.78, 5) is 20.8. The van der Waals surface area contributed by atoms with Crippen molar-refractivity contribution in [3.05, 3.63) is 23.5 Å². The number of hydrogen-bond donors (Lipinski definition) is 1. The molecule has 25 heavy (non-hydrogen) atoms. The zero-order chi connectivity index (χ0) is 17.8. The molecule has 0 radical (unpaired) electrons. The van der Waals surface area contributed by atoms with Crippen molar-refractivity contribution in [1.82, 2.24) is 25.1 Å². The summed E-state index contributed by atoms with van der Waals surface area (Å²) in [5, 5.41) is 10.5. The SMILES string of the molecule is CCc1nc(CN(C)C2CCN(CC(=O)Nc3cc(C)no3)C2)no1. The van der Waals surface area contributed by atoms with E-state index in [4.69, 9.17) is 9.05 Å². The van der Waals surface area contributed by atoms with Crippen molar-refractivity contribution >= 4 is 11.8 Å². The Kier molecular flexibility index (Phi) is 5.44. The molecule has 1 fully saturated rings. The lowest BCUT2D eigenvalue weighted by Crippen LogP contribution is -2.37. The quantitative estimate of drug-likeness (QED) is 0.793. The number of nitrogens with zero attached hydrogens (tertiary/aromatic N) is 5. The molecule has 9 heteroatoms. The summed E-state index contributed by atoms with van der Waals surface area (Å²) in [6, 6.07) is 2.07. The summed E-state index contributed by atoms with van der Waals surface area (Å²) in [5.74, 6) is 1.66. The molecule has 0 saturated carbocycles. The van der Waals surface area contributed by atoms with Crippen molar-refractivity contribution in [2.45, 2.75) is 39.3 Å². The Morgan fingerprint density at radius 2 is 2.28 bits per heavy atom. The number of likely N-dealkylation sites (N-methyl/N-ethyl adjacent to an activating group) is 1. The lowest BCUT2D eigenvalue weighted by atomic mass is 10.2. The van der Waals surface area contributed by atoms with Crippen molar-refractivity contribution in [3.63, 3.8) is 0 Å². The van der Waals surface area contributed by atoms with Crippen LogP contribution in [-0.4, -0.2) is 63.7 Å². The fraction of sp³-hybridized carbons (Fsp3) is 0.625. The third-order valence-electron chi connectivity index (χ3n) is 4.33. The second-order valence-electron chi connectivity index (χ2n) is 6.43. The van der Waals surface area contributed by atoms with Crippen molar-refractivity contribution in [2.24, 2.45) is 0 Å². The molecule has 1 saturated heterocycles. The van der Waals surface area contributed by atoms with Crippen LogP contribution in [0.15, 0.2) is 15.1 Å². The summed E-state index contributed by atoms with van der Waals surface area (Å²) in [5.41, 5.74) is 0.742. The number of anilines is 1. The van der Waals surface area contributed by atoms with Gasteiger partial charge < -0.3 is 9.05 Å². The molecule has 1 N–H and O–H groups in total. The third-order valence-corrected chi connectivity index (χ3v) is 4.33. The van der Waals surface area contributed by atoms with Crippen molar-refractivity contribution < 1.29 is 13.8 Å². The van der Waals surface area contributed by atoms with Crippen LogP contribution >= 0.6 is 0 Å². The Morgan fingerprint density at radius 3 is 2.96 bits per heavy atom. The van der Waals surface area contributed by atoms with E-state index in [1.54, 1.807) is 6.07 Å². The molecule has 1 aliphatic rings. The highest BCUT2D eigenvalue weighted by atomic mass is 16.5. The first-order valence-electron chi connectivity index (χ1n) is 8.50. The maximum Gasteiger partial charge on any atom is 0.240 e. The Balaban J connectivity index is 1.45. The topological polar surface area (TPSA) is 101 Å². The van der Waals surface area contributed by atoms with Crippen LogP contribution in [-0.2, 0) is 17.8 Å². The molecule has 0 aromatic carbocycles. The van der Waals surface area contributed by atoms with Crippen molar-refractivity contribution in [2.75, 3.05) is 32.0 Å². The minimum atomic E-state index is -0.0924. The molecule has 1 aliphatic heterocycles. The van der Waals surface area contributed by atoms with Gasteiger partial charge in [0.15, 0.2) is 5.82 Å². The maximum atomic E-state index is 12.1. The highest BCUT2D eigenvalue weighted by Crippen LogP contribution is 2.16. The zero-order valence-corrected chi connectivity index (χ0v) is 14.9. The van der Waals surface area contributed by atoms with Gasteiger partial charge in [0, 0.05) is 31.6 Å². The Bertz CT molecular complexity index is 712. The van der Waals surface area contributed by atoms with Crippen LogP contribution in [0.5, 0.6) is 0 Å². The Morgan fingerprint density at radius 1 is 1.44 bits per heavy atom. The van der Waals surface area contributed by atoms with E-state index in [9.17, 15) is 4.79 Å². The summed E-state index contributed by atoms with van der Waals surface area (Å²) < 4.78 is 10.1. The molecule has 3 rings (SSSR count). The first-order chi connectivity index (χ1) is 12.0. The van der Waals surface area contributed by atoms with E-state index in [0.29, 0.717) is 36.7 Å². The number of amides is 1. The van der Waals surface area contributed by atoms with E-state index in [-0.39, 0.29) is 5.91 Å². The molecule has 0 aliphatic carbocycles. The van der Waals surface area contributed by atoms with Gasteiger partial charge in [-0.1, -0.05) is 17.2 Å². The third kappa shape index (κ3) is 4.64. The van der Waals surface area contributed by atoms with Gasteiger partial charge in [-0.2, -0.15) is 4.98 Å². The lowest BCUT2D eigenvalue weighted by Gasteiger charge is -2.23. The number of aryl methyl sites for hydroxylation is 2. The lowest BCUT2D eigenvalue weighted by molar-refractivity contribution is -0.117. The molecule has 3 heterocycles. The first kappa shape index (κ1) is 17.6. The Labute approximate surface area is 146 Å². The second kappa shape index (κ2) is 7.75. The van der Waals surface area contributed by atoms with Crippen LogP contribution in [0.25, 0.3) is 0 Å². The summed E-state index contributed by atoms with van der Waals surface area (Å²) in [7, 11) is 2.05. The van der Waals surface area contributed by atoms with E-state index < -0.39 is 0 Å². The minimum absolute atomic E-state index is 0.0924. The largest absolute Gasteiger partial charge is 0.339 e. The molecule has 2 aromatic rings. The average Bonchev–Trinajstić information content (AvgIpc) is 3.29. The van der Waals surface area contributed by atoms with Gasteiger partial charge in [-0.3, -0.25) is 19.9 Å². The predicted molar refractivity (Wildman–Crippen MR) is 89.9 cm³/mol. The molecular weight excluding hydrogens is 324 g/mol. The molecule has 0 bridgehead atoms. The number of likely N-dealkylation sites (tertiary alicyclic amines) is 1. The number of carbonyl (C=O) groups is 1. The standard InChI is InChI=1S/C16H24N6O3/c1-4-15-17-13(20-24-15)9-21(3)12-5-6-22(8-12)10-14(23)18-16-7-11(2)19-25-16/h7,12H,4-6,8-10H2,1-3H3,(H,18,23). The van der Waals surface area contributed by atoms with Gasteiger partial charge in [-0.15, -0.1) is 0 Å². The number of hydrogen-bond acceptors (Lipinski definition) is 8. The average molecular weight is 348 g/mol. The summed E-state index contributed by atoms with van der Waals surface area (Å²) in [6.07, 6.45) is 1.75. The number of rotatable bonds is 7. The van der Waals surface area contributed by atoms with E-state index in [0.717, 1.165) is 31.6 Å². The molecule has 1 unspecified atom stereocenters. The van der Waals surface area contributed by atoms with Crippen molar-refractivity contribution in [1.29, 1.82) is 0 Å². The van der Waals surface area contributed by atoms with E-state index in [1.165, 1.54) is 0 Å². The monoisotopic (exact) mass is 348 g/mol. The highest BCUT2D eigenvalue weighted by molar-refractivity contribution is 5.90. The fourth-order valence-electron chi connectivity index (χ4n) is 2.97. The van der Waals surface area contributed by atoms with Crippen LogP contribution < -0.4 is 5.32 Å². The van der Waals surface area contributed by atoms with Gasteiger partial charge in [0.1, 0.15) is 0 Å². The second-order valence-corrected chi connectivity index (χ2v) is 6.43. The normalized spacial score (nSPS) is 18.2. The molecule has 136 valence electrons. The smallest absolute Gasteiger partial charge is 0.240 e. The molecule has 0 spiro atoms. The van der Waals surface area contributed by atoms with Gasteiger partial charge in [0.2, 0.25) is 17.7 Å². The summed E-state index contributed by atoms with van der Waals surface area (Å²) >= 11 is 0. The van der Waals surface area contributed by atoms with Gasteiger partial charge in [-0.05, 0) is 20.4 Å². The predicted octanol–water partition coefficient (Wildman–Crippen LogP) is 1.07. The Hall–Kier alpha value is -2.26. The number of nitrogens with one attached hydrogen (secondary N) is 1. The number of aromatic nitrogens is 3. The van der Waals surface area contributed by atoms with E-state index in [1.807, 2.05) is 20.9 Å². The van der Waals surface area contributed by atoms with Crippen LogP contribution in [0.4, 0.5) is 5.88 Å². The van der Waals surface area contributed by atoms with Crippen LogP contribution in [0.1, 0.15) is 30.8 Å². The van der Waals surface area contributed by atoms with Gasteiger partial charge in [0.25, 0.3) is 0 Å². The molecule has 2 aromatic heterocycles. The van der Waals surface area contributed by atoms with Crippen LogP contribution in [0.2, 0.25) is 0 Å². The van der Waals surface area contributed by atoms with Gasteiger partial charge in [0.05, 0.1) is 18.8 Å². The molecule has 9 nitrogen and oxygen atoms in total. The molecular formula is C16H24N6O3.